The number of unbranched alkanes of at least 4 members (excludes halogenated alkanes) is 2. The van der Waals surface area contributed by atoms with Crippen LogP contribution in [0.2, 0.25) is 0 Å². The van der Waals surface area contributed by atoms with Gasteiger partial charge in [-0.05, 0) is 51.4 Å². The predicted octanol–water partition coefficient (Wildman–Crippen LogP) is 2.80. The van der Waals surface area contributed by atoms with Crippen LogP contribution in [0.1, 0.15) is 41.6 Å². The van der Waals surface area contributed by atoms with Crippen LogP contribution < -0.4 is 0 Å². The van der Waals surface area contributed by atoms with E-state index >= 15 is 0 Å². The zero-order valence-electron chi connectivity index (χ0n) is 12.4. The summed E-state index contributed by atoms with van der Waals surface area (Å²) in [5.74, 6) is -0.348. The van der Waals surface area contributed by atoms with Crippen LogP contribution in [-0.4, -0.2) is 42.5 Å². The fourth-order valence-corrected chi connectivity index (χ4v) is 1.99. The molecule has 112 valence electrons. The number of aryl methyl sites for hydroxylation is 1. The molecule has 0 aliphatic carbocycles. The van der Waals surface area contributed by atoms with Crippen molar-refractivity contribution >= 4 is 5.78 Å². The van der Waals surface area contributed by atoms with Crippen molar-refractivity contribution < 1.29 is 14.3 Å². The number of benzene rings is 1. The van der Waals surface area contributed by atoms with E-state index in [2.05, 4.69) is 4.90 Å². The maximum Gasteiger partial charge on any atom is 0.164 e. The largest absolute Gasteiger partial charge is 0.396 e. The molecule has 0 radical (unpaired) electrons. The molecule has 20 heavy (non-hydrogen) atoms. The maximum atomic E-state index is 13.4. The second kappa shape index (κ2) is 8.82. The first-order chi connectivity index (χ1) is 9.54. The second-order valence-electron chi connectivity index (χ2n) is 5.22. The predicted molar refractivity (Wildman–Crippen MR) is 78.5 cm³/mol. The summed E-state index contributed by atoms with van der Waals surface area (Å²) in [5.41, 5.74) is 1.00. The first kappa shape index (κ1) is 16.8. The molecule has 0 fully saturated rings. The molecule has 0 aliphatic rings. The van der Waals surface area contributed by atoms with Crippen molar-refractivity contribution in [2.45, 2.75) is 32.6 Å². The summed E-state index contributed by atoms with van der Waals surface area (Å²) >= 11 is 0. The Morgan fingerprint density at radius 1 is 1.25 bits per heavy atom. The van der Waals surface area contributed by atoms with E-state index in [1.165, 1.54) is 6.07 Å². The van der Waals surface area contributed by atoms with Crippen molar-refractivity contribution in [3.05, 3.63) is 35.1 Å². The molecule has 0 bridgehead atoms. The smallest absolute Gasteiger partial charge is 0.164 e. The number of ketones is 1. The first-order valence-corrected chi connectivity index (χ1v) is 7.13. The van der Waals surface area contributed by atoms with Crippen LogP contribution >= 0.6 is 0 Å². The van der Waals surface area contributed by atoms with Gasteiger partial charge in [-0.2, -0.15) is 0 Å². The molecule has 0 atom stereocenters. The molecule has 0 unspecified atom stereocenters. The van der Waals surface area contributed by atoms with Gasteiger partial charge < -0.3 is 10.0 Å². The Hall–Kier alpha value is -1.26. The van der Waals surface area contributed by atoms with Gasteiger partial charge in [-0.15, -0.1) is 0 Å². The van der Waals surface area contributed by atoms with E-state index in [0.29, 0.717) is 24.1 Å². The highest BCUT2D eigenvalue weighted by Crippen LogP contribution is 2.11. The summed E-state index contributed by atoms with van der Waals surface area (Å²) < 4.78 is 13.4. The number of hydrogen-bond donors (Lipinski definition) is 1. The minimum absolute atomic E-state index is 0.0221. The van der Waals surface area contributed by atoms with Gasteiger partial charge >= 0.3 is 0 Å². The summed E-state index contributed by atoms with van der Waals surface area (Å²) in [6.45, 7) is 3.51. The molecule has 1 aromatic rings. The van der Waals surface area contributed by atoms with Gasteiger partial charge in [0.25, 0.3) is 0 Å². The normalized spacial score (nSPS) is 11.1. The Labute approximate surface area is 120 Å². The number of nitrogens with zero attached hydrogens (tertiary/aromatic N) is 1. The fraction of sp³-hybridized carbons (Fsp3) is 0.562. The van der Waals surface area contributed by atoms with Gasteiger partial charge in [-0.3, -0.25) is 4.79 Å². The monoisotopic (exact) mass is 281 g/mol. The molecule has 0 spiro atoms. The van der Waals surface area contributed by atoms with E-state index in [1.54, 1.807) is 19.1 Å². The Kier molecular flexibility index (Phi) is 7.41. The van der Waals surface area contributed by atoms with E-state index < -0.39 is 0 Å². The zero-order chi connectivity index (χ0) is 15.0. The first-order valence-electron chi connectivity index (χ1n) is 7.13. The molecule has 4 heteroatoms. The van der Waals surface area contributed by atoms with Crippen LogP contribution in [0.4, 0.5) is 4.39 Å². The molecule has 1 rings (SSSR count). The molecule has 0 aliphatic heterocycles. The van der Waals surface area contributed by atoms with Gasteiger partial charge in [0.15, 0.2) is 5.78 Å². The molecule has 0 aromatic heterocycles. The highest BCUT2D eigenvalue weighted by atomic mass is 19.1. The standard InChI is InChI=1S/C16H24FNO2/c1-13-6-7-14(12-15(13)17)16(20)8-10-18(2)9-4-3-5-11-19/h6-7,12,19H,3-5,8-11H2,1-2H3. The maximum absolute atomic E-state index is 13.4. The topological polar surface area (TPSA) is 40.5 Å². The number of carbonyl (C=O) groups excluding carboxylic acids is 1. The van der Waals surface area contributed by atoms with Crippen LogP contribution in [0, 0.1) is 12.7 Å². The molecule has 1 N–H and O–H groups in total. The Bertz CT molecular complexity index is 434. The lowest BCUT2D eigenvalue weighted by molar-refractivity contribution is 0.0968. The highest BCUT2D eigenvalue weighted by molar-refractivity contribution is 5.96. The van der Waals surface area contributed by atoms with Crippen molar-refractivity contribution in [1.29, 1.82) is 0 Å². The molecular weight excluding hydrogens is 257 g/mol. The zero-order valence-corrected chi connectivity index (χ0v) is 12.4. The number of aliphatic hydroxyl groups is 1. The number of halogens is 1. The van der Waals surface area contributed by atoms with Crippen LogP contribution in [-0.2, 0) is 0 Å². The van der Waals surface area contributed by atoms with Crippen molar-refractivity contribution in [1.82, 2.24) is 4.90 Å². The number of rotatable bonds is 9. The third-order valence-corrected chi connectivity index (χ3v) is 3.41. The van der Waals surface area contributed by atoms with Gasteiger partial charge in [0.1, 0.15) is 5.82 Å². The van der Waals surface area contributed by atoms with Crippen LogP contribution in [0.25, 0.3) is 0 Å². The third-order valence-electron chi connectivity index (χ3n) is 3.41. The average Bonchev–Trinajstić information content (AvgIpc) is 2.44. The van der Waals surface area contributed by atoms with E-state index in [1.807, 2.05) is 7.05 Å². The van der Waals surface area contributed by atoms with Crippen molar-refractivity contribution in [3.63, 3.8) is 0 Å². The molecule has 0 amide bonds. The molecule has 1 aromatic carbocycles. The molecular formula is C16H24FNO2. The molecule has 0 heterocycles. The van der Waals surface area contributed by atoms with Gasteiger partial charge in [0.2, 0.25) is 0 Å². The Morgan fingerprint density at radius 3 is 2.65 bits per heavy atom. The fourth-order valence-electron chi connectivity index (χ4n) is 1.99. The molecule has 3 nitrogen and oxygen atoms in total. The lowest BCUT2D eigenvalue weighted by Gasteiger charge is -2.15. The van der Waals surface area contributed by atoms with E-state index in [9.17, 15) is 9.18 Å². The Morgan fingerprint density at radius 2 is 2.00 bits per heavy atom. The van der Waals surface area contributed by atoms with E-state index in [-0.39, 0.29) is 18.2 Å². The van der Waals surface area contributed by atoms with Gasteiger partial charge in [-0.25, -0.2) is 4.39 Å². The summed E-state index contributed by atoms with van der Waals surface area (Å²) in [4.78, 5) is 14.1. The lowest BCUT2D eigenvalue weighted by atomic mass is 10.1. The second-order valence-corrected chi connectivity index (χ2v) is 5.22. The highest BCUT2D eigenvalue weighted by Gasteiger charge is 2.09. The SMILES string of the molecule is Cc1ccc(C(=O)CCN(C)CCCCCO)cc1F. The summed E-state index contributed by atoms with van der Waals surface area (Å²) in [6, 6.07) is 4.64. The van der Waals surface area contributed by atoms with E-state index in [4.69, 9.17) is 5.11 Å². The molecule has 0 saturated carbocycles. The minimum atomic E-state index is -0.326. The number of aliphatic hydroxyl groups excluding tert-OH is 1. The van der Waals surface area contributed by atoms with Crippen LogP contribution in [0.3, 0.4) is 0 Å². The number of carbonyl (C=O) groups is 1. The van der Waals surface area contributed by atoms with Crippen LogP contribution in [0.5, 0.6) is 0 Å². The van der Waals surface area contributed by atoms with E-state index in [0.717, 1.165) is 25.8 Å². The van der Waals surface area contributed by atoms with Gasteiger partial charge in [0, 0.05) is 25.1 Å². The Balaban J connectivity index is 2.33. The van der Waals surface area contributed by atoms with Crippen molar-refractivity contribution in [2.24, 2.45) is 0 Å². The van der Waals surface area contributed by atoms with Gasteiger partial charge in [0.05, 0.1) is 0 Å². The lowest BCUT2D eigenvalue weighted by Crippen LogP contribution is -2.23. The summed E-state index contributed by atoms with van der Waals surface area (Å²) in [6.07, 6.45) is 3.25. The minimum Gasteiger partial charge on any atom is -0.396 e. The summed E-state index contributed by atoms with van der Waals surface area (Å²) in [5, 5.41) is 8.69. The van der Waals surface area contributed by atoms with Crippen LogP contribution in [0.15, 0.2) is 18.2 Å². The quantitative estimate of drug-likeness (QED) is 0.559. The average molecular weight is 281 g/mol. The van der Waals surface area contributed by atoms with Crippen molar-refractivity contribution in [2.75, 3.05) is 26.7 Å². The third kappa shape index (κ3) is 5.80. The number of hydrogen-bond acceptors (Lipinski definition) is 3. The number of Topliss-reactive ketones (excluding diaryl/α,β-unsaturated/α-hetero) is 1. The summed E-state index contributed by atoms with van der Waals surface area (Å²) in [7, 11) is 1.97. The van der Waals surface area contributed by atoms with Crippen molar-refractivity contribution in [3.8, 4) is 0 Å². The van der Waals surface area contributed by atoms with Gasteiger partial charge in [-0.1, -0.05) is 12.1 Å². The molecule has 0 saturated heterocycles.